The molecule has 1 amide bonds. The standard InChI is InChI=1S/C12H23NO3/c1-8(2)6-9(10-7-15-10)13-11(14)16-12(3,4)5/h8-10H,6-7H2,1-5H3,(H,13,14)/t9-,10?/m0/s1. The SMILES string of the molecule is CC(C)C[C@H](NC(=O)OC(C)(C)C)C1CO1. The molecule has 1 rings (SSSR count). The molecule has 0 saturated carbocycles. The fourth-order valence-corrected chi connectivity index (χ4v) is 1.56. The summed E-state index contributed by atoms with van der Waals surface area (Å²) in [5, 5.41) is 2.88. The highest BCUT2D eigenvalue weighted by Gasteiger charge is 2.35. The zero-order valence-electron chi connectivity index (χ0n) is 10.9. The molecule has 0 spiro atoms. The van der Waals surface area contributed by atoms with Crippen LogP contribution >= 0.6 is 0 Å². The second-order valence-corrected chi connectivity index (χ2v) is 5.75. The van der Waals surface area contributed by atoms with Gasteiger partial charge in [-0.05, 0) is 33.1 Å². The fraction of sp³-hybridized carbons (Fsp3) is 0.917. The lowest BCUT2D eigenvalue weighted by atomic mass is 10.0. The van der Waals surface area contributed by atoms with Crippen LogP contribution in [0.2, 0.25) is 0 Å². The number of amides is 1. The predicted octanol–water partition coefficient (Wildman–Crippen LogP) is 2.32. The van der Waals surface area contributed by atoms with Crippen molar-refractivity contribution < 1.29 is 14.3 Å². The van der Waals surface area contributed by atoms with Gasteiger partial charge in [0, 0.05) is 0 Å². The molecule has 0 aromatic carbocycles. The molecule has 1 aliphatic rings. The van der Waals surface area contributed by atoms with Crippen LogP contribution in [0, 0.1) is 5.92 Å². The molecule has 16 heavy (non-hydrogen) atoms. The normalized spacial score (nSPS) is 21.8. The Kier molecular flexibility index (Phi) is 4.19. The molecular formula is C12H23NO3. The van der Waals surface area contributed by atoms with Gasteiger partial charge in [-0.1, -0.05) is 13.8 Å². The van der Waals surface area contributed by atoms with E-state index in [-0.39, 0.29) is 18.2 Å². The predicted molar refractivity (Wildman–Crippen MR) is 62.4 cm³/mol. The Morgan fingerprint density at radius 2 is 2.06 bits per heavy atom. The molecular weight excluding hydrogens is 206 g/mol. The minimum absolute atomic E-state index is 0.0786. The van der Waals surface area contributed by atoms with Crippen LogP contribution in [0.1, 0.15) is 41.0 Å². The lowest BCUT2D eigenvalue weighted by Crippen LogP contribution is -2.42. The summed E-state index contributed by atoms with van der Waals surface area (Å²) in [6.45, 7) is 10.6. The van der Waals surface area contributed by atoms with Crippen molar-refractivity contribution >= 4 is 6.09 Å². The molecule has 4 nitrogen and oxygen atoms in total. The van der Waals surface area contributed by atoms with Gasteiger partial charge in [-0.25, -0.2) is 4.79 Å². The van der Waals surface area contributed by atoms with Gasteiger partial charge in [-0.2, -0.15) is 0 Å². The maximum Gasteiger partial charge on any atom is 0.407 e. The van der Waals surface area contributed by atoms with Gasteiger partial charge in [-0.15, -0.1) is 0 Å². The highest BCUT2D eigenvalue weighted by atomic mass is 16.6. The van der Waals surface area contributed by atoms with Crippen LogP contribution in [0.4, 0.5) is 4.79 Å². The molecule has 1 aliphatic heterocycles. The Morgan fingerprint density at radius 1 is 1.50 bits per heavy atom. The second kappa shape index (κ2) is 5.04. The molecule has 0 aliphatic carbocycles. The maximum absolute atomic E-state index is 11.6. The van der Waals surface area contributed by atoms with Crippen LogP contribution in [0.15, 0.2) is 0 Å². The minimum Gasteiger partial charge on any atom is -0.444 e. The smallest absolute Gasteiger partial charge is 0.407 e. The number of carbonyl (C=O) groups is 1. The van der Waals surface area contributed by atoms with Crippen LogP contribution in [0.3, 0.4) is 0 Å². The first-order valence-electron chi connectivity index (χ1n) is 5.89. The van der Waals surface area contributed by atoms with E-state index in [2.05, 4.69) is 19.2 Å². The first-order chi connectivity index (χ1) is 7.28. The molecule has 1 saturated heterocycles. The summed E-state index contributed by atoms with van der Waals surface area (Å²) in [4.78, 5) is 11.6. The topological polar surface area (TPSA) is 50.9 Å². The fourth-order valence-electron chi connectivity index (χ4n) is 1.56. The Morgan fingerprint density at radius 3 is 2.44 bits per heavy atom. The zero-order chi connectivity index (χ0) is 12.3. The average Bonchev–Trinajstić information content (AvgIpc) is 2.78. The Hall–Kier alpha value is -0.770. The summed E-state index contributed by atoms with van der Waals surface area (Å²) in [7, 11) is 0. The summed E-state index contributed by atoms with van der Waals surface area (Å²) < 4.78 is 10.5. The summed E-state index contributed by atoms with van der Waals surface area (Å²) in [5.41, 5.74) is -0.448. The van der Waals surface area contributed by atoms with E-state index >= 15 is 0 Å². The van der Waals surface area contributed by atoms with Crippen LogP contribution in [0.25, 0.3) is 0 Å². The summed E-state index contributed by atoms with van der Waals surface area (Å²) >= 11 is 0. The van der Waals surface area contributed by atoms with Crippen LogP contribution in [-0.4, -0.2) is 30.4 Å². The third-order valence-corrected chi connectivity index (χ3v) is 2.24. The van der Waals surface area contributed by atoms with Gasteiger partial charge in [0.2, 0.25) is 0 Å². The van der Waals surface area contributed by atoms with Gasteiger partial charge in [0.15, 0.2) is 0 Å². The van der Waals surface area contributed by atoms with Crippen molar-refractivity contribution in [1.82, 2.24) is 5.32 Å². The van der Waals surface area contributed by atoms with E-state index in [4.69, 9.17) is 9.47 Å². The van der Waals surface area contributed by atoms with Gasteiger partial charge in [0.05, 0.1) is 12.6 Å². The van der Waals surface area contributed by atoms with E-state index in [0.717, 1.165) is 13.0 Å². The Bertz CT molecular complexity index is 241. The van der Waals surface area contributed by atoms with E-state index in [1.54, 1.807) is 0 Å². The number of alkyl carbamates (subject to hydrolysis) is 1. The highest BCUT2D eigenvalue weighted by molar-refractivity contribution is 5.68. The molecule has 0 radical (unpaired) electrons. The first kappa shape index (κ1) is 13.3. The molecule has 0 aromatic rings. The summed E-state index contributed by atoms with van der Waals surface area (Å²) in [5.74, 6) is 0.532. The molecule has 0 bridgehead atoms. The number of carbonyl (C=O) groups excluding carboxylic acids is 1. The van der Waals surface area contributed by atoms with Gasteiger partial charge in [0.25, 0.3) is 0 Å². The number of hydrogen-bond acceptors (Lipinski definition) is 3. The molecule has 0 aromatic heterocycles. The van der Waals surface area contributed by atoms with E-state index in [9.17, 15) is 4.79 Å². The van der Waals surface area contributed by atoms with Crippen molar-refractivity contribution in [3.63, 3.8) is 0 Å². The largest absolute Gasteiger partial charge is 0.444 e. The maximum atomic E-state index is 11.6. The van der Waals surface area contributed by atoms with Crippen molar-refractivity contribution in [3.05, 3.63) is 0 Å². The van der Waals surface area contributed by atoms with Gasteiger partial charge in [0.1, 0.15) is 11.7 Å². The monoisotopic (exact) mass is 229 g/mol. The Labute approximate surface area is 97.7 Å². The summed E-state index contributed by atoms with van der Waals surface area (Å²) in [6.07, 6.45) is 0.743. The molecule has 1 fully saturated rings. The first-order valence-corrected chi connectivity index (χ1v) is 5.89. The lowest BCUT2D eigenvalue weighted by molar-refractivity contribution is 0.0488. The van der Waals surface area contributed by atoms with E-state index in [1.807, 2.05) is 20.8 Å². The van der Waals surface area contributed by atoms with Crippen molar-refractivity contribution in [1.29, 1.82) is 0 Å². The van der Waals surface area contributed by atoms with E-state index in [1.165, 1.54) is 0 Å². The third-order valence-electron chi connectivity index (χ3n) is 2.24. The lowest BCUT2D eigenvalue weighted by Gasteiger charge is -2.23. The number of hydrogen-bond donors (Lipinski definition) is 1. The number of ether oxygens (including phenoxy) is 2. The van der Waals surface area contributed by atoms with Gasteiger partial charge in [-0.3, -0.25) is 0 Å². The highest BCUT2D eigenvalue weighted by Crippen LogP contribution is 2.20. The van der Waals surface area contributed by atoms with Gasteiger partial charge < -0.3 is 14.8 Å². The van der Waals surface area contributed by atoms with Gasteiger partial charge >= 0.3 is 6.09 Å². The minimum atomic E-state index is -0.448. The number of rotatable bonds is 4. The molecule has 1 N–H and O–H groups in total. The van der Waals surface area contributed by atoms with E-state index in [0.29, 0.717) is 5.92 Å². The second-order valence-electron chi connectivity index (χ2n) is 5.75. The number of nitrogens with one attached hydrogen (secondary N) is 1. The Balaban J connectivity index is 2.39. The molecule has 2 atom stereocenters. The molecule has 94 valence electrons. The average molecular weight is 229 g/mol. The van der Waals surface area contributed by atoms with Crippen LogP contribution in [0.5, 0.6) is 0 Å². The molecule has 4 heteroatoms. The van der Waals surface area contributed by atoms with Crippen LogP contribution < -0.4 is 5.32 Å². The quantitative estimate of drug-likeness (QED) is 0.753. The molecule has 1 heterocycles. The van der Waals surface area contributed by atoms with Crippen molar-refractivity contribution in [2.24, 2.45) is 5.92 Å². The zero-order valence-corrected chi connectivity index (χ0v) is 10.9. The number of epoxide rings is 1. The van der Waals surface area contributed by atoms with E-state index < -0.39 is 5.60 Å². The van der Waals surface area contributed by atoms with Crippen molar-refractivity contribution in [2.75, 3.05) is 6.61 Å². The van der Waals surface area contributed by atoms with Crippen molar-refractivity contribution in [3.8, 4) is 0 Å². The summed E-state index contributed by atoms with van der Waals surface area (Å²) in [6, 6.07) is 0.0786. The molecule has 1 unspecified atom stereocenters. The van der Waals surface area contributed by atoms with Crippen molar-refractivity contribution in [2.45, 2.75) is 58.8 Å². The third kappa shape index (κ3) is 5.35. The van der Waals surface area contributed by atoms with Crippen LogP contribution in [-0.2, 0) is 9.47 Å².